The average Bonchev–Trinajstić information content (AvgIpc) is 2.99. The van der Waals surface area contributed by atoms with Gasteiger partial charge >= 0.3 is 0 Å². The fraction of sp³-hybridized carbons (Fsp3) is 1.00. The van der Waals surface area contributed by atoms with Crippen LogP contribution in [0.1, 0.15) is 84.5 Å². The SMILES string of the molecule is CCCCC(NCCC)C1(N2CCCCC2)CCCC1. The molecule has 2 nitrogen and oxygen atoms in total. The van der Waals surface area contributed by atoms with Crippen molar-refractivity contribution in [2.24, 2.45) is 0 Å². The van der Waals surface area contributed by atoms with E-state index in [1.165, 1.54) is 90.3 Å². The van der Waals surface area contributed by atoms with E-state index < -0.39 is 0 Å². The molecule has 1 aliphatic carbocycles. The van der Waals surface area contributed by atoms with Crippen molar-refractivity contribution < 1.29 is 0 Å². The van der Waals surface area contributed by atoms with E-state index in [9.17, 15) is 0 Å². The Bertz CT molecular complexity index is 244. The lowest BCUT2D eigenvalue weighted by molar-refractivity contribution is 0.0333. The molecule has 1 atom stereocenters. The third kappa shape index (κ3) is 3.76. The number of hydrogen-bond acceptors (Lipinski definition) is 2. The second-order valence-corrected chi connectivity index (χ2v) is 7.01. The second-order valence-electron chi connectivity index (χ2n) is 7.01. The van der Waals surface area contributed by atoms with Gasteiger partial charge in [0.2, 0.25) is 0 Å². The molecular weight excluding hydrogens is 244 g/mol. The lowest BCUT2D eigenvalue weighted by Gasteiger charge is -2.49. The zero-order valence-electron chi connectivity index (χ0n) is 13.9. The Labute approximate surface area is 126 Å². The van der Waals surface area contributed by atoms with E-state index in [0.29, 0.717) is 5.54 Å². The van der Waals surface area contributed by atoms with Crippen LogP contribution in [0.25, 0.3) is 0 Å². The van der Waals surface area contributed by atoms with Gasteiger partial charge in [0.15, 0.2) is 0 Å². The maximum atomic E-state index is 3.94. The fourth-order valence-corrected chi connectivity index (χ4v) is 4.50. The van der Waals surface area contributed by atoms with Crippen molar-refractivity contribution in [2.45, 2.75) is 96.1 Å². The summed E-state index contributed by atoms with van der Waals surface area (Å²) < 4.78 is 0. The van der Waals surface area contributed by atoms with Crippen molar-refractivity contribution in [2.75, 3.05) is 19.6 Å². The smallest absolute Gasteiger partial charge is 0.0362 e. The van der Waals surface area contributed by atoms with Gasteiger partial charge in [-0.05, 0) is 58.2 Å². The van der Waals surface area contributed by atoms with Gasteiger partial charge in [0.05, 0.1) is 0 Å². The Kier molecular flexibility index (Phi) is 6.83. The minimum absolute atomic E-state index is 0.505. The van der Waals surface area contributed by atoms with Gasteiger partial charge in [0.25, 0.3) is 0 Å². The molecule has 0 bridgehead atoms. The number of nitrogens with one attached hydrogen (secondary N) is 1. The van der Waals surface area contributed by atoms with Crippen LogP contribution in [-0.2, 0) is 0 Å². The van der Waals surface area contributed by atoms with Crippen LogP contribution < -0.4 is 5.32 Å². The van der Waals surface area contributed by atoms with Crippen LogP contribution in [0.15, 0.2) is 0 Å². The topological polar surface area (TPSA) is 15.3 Å². The second kappa shape index (κ2) is 8.38. The molecular formula is C18H36N2. The maximum Gasteiger partial charge on any atom is 0.0362 e. The van der Waals surface area contributed by atoms with Gasteiger partial charge in [-0.1, -0.05) is 46.0 Å². The predicted octanol–water partition coefficient (Wildman–Crippen LogP) is 4.34. The first-order valence-electron chi connectivity index (χ1n) is 9.32. The monoisotopic (exact) mass is 280 g/mol. The summed E-state index contributed by atoms with van der Waals surface area (Å²) in [4.78, 5) is 2.90. The molecule has 0 radical (unpaired) electrons. The summed E-state index contributed by atoms with van der Waals surface area (Å²) in [6, 6.07) is 0.739. The molecule has 2 fully saturated rings. The Morgan fingerprint density at radius 1 is 0.950 bits per heavy atom. The molecule has 1 saturated carbocycles. The highest BCUT2D eigenvalue weighted by Crippen LogP contribution is 2.41. The molecule has 2 rings (SSSR count). The van der Waals surface area contributed by atoms with Crippen molar-refractivity contribution in [1.29, 1.82) is 0 Å². The van der Waals surface area contributed by atoms with E-state index in [2.05, 4.69) is 24.1 Å². The summed E-state index contributed by atoms with van der Waals surface area (Å²) >= 11 is 0. The molecule has 2 heteroatoms. The van der Waals surface area contributed by atoms with Gasteiger partial charge in [-0.3, -0.25) is 4.90 Å². The summed E-state index contributed by atoms with van der Waals surface area (Å²) in [5, 5.41) is 3.94. The predicted molar refractivity (Wildman–Crippen MR) is 88.2 cm³/mol. The van der Waals surface area contributed by atoms with E-state index in [1.54, 1.807) is 0 Å². The molecule has 2 aliphatic rings. The Hall–Kier alpha value is -0.0800. The van der Waals surface area contributed by atoms with E-state index in [0.717, 1.165) is 6.04 Å². The van der Waals surface area contributed by atoms with Crippen LogP contribution in [0.4, 0.5) is 0 Å². The summed E-state index contributed by atoms with van der Waals surface area (Å²) in [5.74, 6) is 0. The van der Waals surface area contributed by atoms with Crippen molar-refractivity contribution in [3.63, 3.8) is 0 Å². The molecule has 1 unspecified atom stereocenters. The standard InChI is InChI=1S/C18H36N2/c1-3-5-11-17(19-14-4-2)18(12-7-8-13-18)20-15-9-6-10-16-20/h17,19H,3-16H2,1-2H3. The first kappa shape index (κ1) is 16.3. The number of hydrogen-bond donors (Lipinski definition) is 1. The van der Waals surface area contributed by atoms with E-state index in [-0.39, 0.29) is 0 Å². The summed E-state index contributed by atoms with van der Waals surface area (Å²) in [6.07, 6.45) is 15.5. The van der Waals surface area contributed by atoms with Gasteiger partial charge < -0.3 is 5.32 Å². The highest BCUT2D eigenvalue weighted by atomic mass is 15.2. The molecule has 0 aromatic heterocycles. The lowest BCUT2D eigenvalue weighted by Crippen LogP contribution is -2.61. The van der Waals surface area contributed by atoms with Gasteiger partial charge in [-0.15, -0.1) is 0 Å². The molecule has 0 aromatic carbocycles. The summed E-state index contributed by atoms with van der Waals surface area (Å²) in [5.41, 5.74) is 0.505. The number of nitrogens with zero attached hydrogens (tertiary/aromatic N) is 1. The van der Waals surface area contributed by atoms with Crippen LogP contribution in [0, 0.1) is 0 Å². The normalized spacial score (nSPS) is 24.9. The molecule has 0 aromatic rings. The van der Waals surface area contributed by atoms with Crippen LogP contribution in [0.2, 0.25) is 0 Å². The molecule has 0 spiro atoms. The Morgan fingerprint density at radius 3 is 2.25 bits per heavy atom. The quantitative estimate of drug-likeness (QED) is 0.711. The minimum Gasteiger partial charge on any atom is -0.312 e. The van der Waals surface area contributed by atoms with Gasteiger partial charge in [0, 0.05) is 11.6 Å². The molecule has 1 N–H and O–H groups in total. The van der Waals surface area contributed by atoms with Crippen molar-refractivity contribution >= 4 is 0 Å². The first-order chi connectivity index (χ1) is 9.83. The summed E-state index contributed by atoms with van der Waals surface area (Å²) in [7, 11) is 0. The molecule has 1 saturated heterocycles. The average molecular weight is 280 g/mol. The third-order valence-corrected chi connectivity index (χ3v) is 5.59. The Balaban J connectivity index is 2.08. The maximum absolute atomic E-state index is 3.94. The van der Waals surface area contributed by atoms with Crippen LogP contribution in [-0.4, -0.2) is 36.1 Å². The van der Waals surface area contributed by atoms with Crippen molar-refractivity contribution in [3.05, 3.63) is 0 Å². The van der Waals surface area contributed by atoms with Crippen LogP contribution >= 0.6 is 0 Å². The van der Waals surface area contributed by atoms with E-state index in [4.69, 9.17) is 0 Å². The number of unbranched alkanes of at least 4 members (excludes halogenated alkanes) is 1. The first-order valence-corrected chi connectivity index (χ1v) is 9.32. The van der Waals surface area contributed by atoms with E-state index in [1.807, 2.05) is 0 Å². The summed E-state index contributed by atoms with van der Waals surface area (Å²) in [6.45, 7) is 8.54. The highest BCUT2D eigenvalue weighted by Gasteiger charge is 2.45. The molecule has 0 amide bonds. The van der Waals surface area contributed by atoms with E-state index >= 15 is 0 Å². The van der Waals surface area contributed by atoms with Crippen LogP contribution in [0.5, 0.6) is 0 Å². The van der Waals surface area contributed by atoms with Gasteiger partial charge in [0.1, 0.15) is 0 Å². The number of piperidine rings is 1. The lowest BCUT2D eigenvalue weighted by atomic mass is 9.81. The zero-order chi connectivity index (χ0) is 14.3. The molecule has 1 heterocycles. The van der Waals surface area contributed by atoms with Gasteiger partial charge in [-0.25, -0.2) is 0 Å². The fourth-order valence-electron chi connectivity index (χ4n) is 4.50. The minimum atomic E-state index is 0.505. The van der Waals surface area contributed by atoms with Crippen molar-refractivity contribution in [3.8, 4) is 0 Å². The van der Waals surface area contributed by atoms with Gasteiger partial charge in [-0.2, -0.15) is 0 Å². The largest absolute Gasteiger partial charge is 0.312 e. The number of rotatable bonds is 8. The molecule has 1 aliphatic heterocycles. The molecule has 20 heavy (non-hydrogen) atoms. The number of likely N-dealkylation sites (tertiary alicyclic amines) is 1. The third-order valence-electron chi connectivity index (χ3n) is 5.59. The zero-order valence-corrected chi connectivity index (χ0v) is 13.9. The van der Waals surface area contributed by atoms with Crippen molar-refractivity contribution in [1.82, 2.24) is 10.2 Å². The molecule has 118 valence electrons. The highest BCUT2D eigenvalue weighted by molar-refractivity contribution is 5.04. The van der Waals surface area contributed by atoms with Crippen LogP contribution in [0.3, 0.4) is 0 Å². The Morgan fingerprint density at radius 2 is 1.65 bits per heavy atom.